The van der Waals surface area contributed by atoms with Crippen LogP contribution in [0.2, 0.25) is 0 Å². The van der Waals surface area contributed by atoms with E-state index in [4.69, 9.17) is 0 Å². The highest BCUT2D eigenvalue weighted by atomic mass is 19.3. The van der Waals surface area contributed by atoms with Crippen LogP contribution in [0.15, 0.2) is 0 Å². The Bertz CT molecular complexity index is 673. The second kappa shape index (κ2) is 7.72. The summed E-state index contributed by atoms with van der Waals surface area (Å²) in [5.41, 5.74) is 0. The van der Waals surface area contributed by atoms with Gasteiger partial charge in [-0.3, -0.25) is 70.8 Å². The van der Waals surface area contributed by atoms with E-state index in [9.17, 15) is 79.6 Å². The molecule has 0 amide bonds. The largest absolute Gasteiger partial charge is 0.700 e. The number of halogens is 2. The first-order valence-corrected chi connectivity index (χ1v) is 6.16. The summed E-state index contributed by atoms with van der Waals surface area (Å²) in [5, 5.41) is 75.2. The van der Waals surface area contributed by atoms with Gasteiger partial charge in [-0.1, -0.05) is 0 Å². The first-order chi connectivity index (χ1) is 12.9. The molecular weight excluding hydrogens is 432 g/mol. The Labute approximate surface area is 151 Å². The zero-order valence-corrected chi connectivity index (χ0v) is 13.0. The molecule has 0 aromatic heterocycles. The first kappa shape index (κ1) is 24.7. The molecule has 0 aliphatic rings. The number of nitro groups is 7. The van der Waals surface area contributed by atoms with Crippen LogP contribution in [0.5, 0.6) is 0 Å². The number of nitrogens with zero attached hydrogens (tertiary/aromatic N) is 7. The number of rotatable bonds is 12. The van der Waals surface area contributed by atoms with Crippen molar-refractivity contribution >= 4 is 0 Å². The van der Waals surface area contributed by atoms with Gasteiger partial charge < -0.3 is 0 Å². The smallest absolute Gasteiger partial charge is 0.259 e. The van der Waals surface area contributed by atoms with Crippen molar-refractivity contribution in [3.05, 3.63) is 76.7 Å². The van der Waals surface area contributed by atoms with Crippen LogP contribution < -0.4 is 0 Å². The second-order valence-electron chi connectivity index (χ2n) is 4.85. The molecule has 0 aliphatic carbocycles. The first-order valence-electron chi connectivity index (χ1n) is 6.16. The molecule has 0 bridgehead atoms. The Morgan fingerprint density at radius 1 is 0.517 bits per heavy atom. The Morgan fingerprint density at radius 2 is 0.724 bits per heavy atom. The Morgan fingerprint density at radius 3 is 0.862 bits per heavy atom. The van der Waals surface area contributed by atoms with Crippen LogP contribution in [-0.2, 0) is 0 Å². The lowest BCUT2D eigenvalue weighted by atomic mass is 9.91. The molecule has 0 rings (SSSR count). The summed E-state index contributed by atoms with van der Waals surface area (Å²) in [4.78, 5) is 58.0. The maximum absolute atomic E-state index is 13.8. The van der Waals surface area contributed by atoms with Crippen molar-refractivity contribution < 1.29 is 43.2 Å². The van der Waals surface area contributed by atoms with Crippen molar-refractivity contribution in [1.29, 1.82) is 0 Å². The van der Waals surface area contributed by atoms with Crippen LogP contribution in [0.3, 0.4) is 0 Å². The Kier molecular flexibility index (Phi) is 6.57. The minimum Gasteiger partial charge on any atom is -0.259 e. The topological polar surface area (TPSA) is 302 Å². The van der Waals surface area contributed by atoms with Crippen molar-refractivity contribution in [1.82, 2.24) is 0 Å². The molecule has 1 radical (unpaired) electrons. The van der Waals surface area contributed by atoms with Crippen molar-refractivity contribution in [3.63, 3.8) is 0 Å². The van der Waals surface area contributed by atoms with E-state index in [2.05, 4.69) is 0 Å². The summed E-state index contributed by atoms with van der Waals surface area (Å²) in [5.74, 6) is -12.7. The van der Waals surface area contributed by atoms with Crippen LogP contribution in [-0.4, -0.2) is 52.1 Å². The van der Waals surface area contributed by atoms with Crippen molar-refractivity contribution in [2.24, 2.45) is 0 Å². The van der Waals surface area contributed by atoms with Crippen LogP contribution >= 0.6 is 0 Å². The summed E-state index contributed by atoms with van der Waals surface area (Å²) < 4.78 is 27.6. The number of hydrogen-bond acceptors (Lipinski definition) is 14. The Hall–Kier alpha value is -4.34. The molecule has 0 aromatic rings. The molecule has 0 atom stereocenters. The molecule has 0 saturated heterocycles. The molecule has 0 fully saturated rings. The molecule has 0 N–H and O–H groups in total. The molecule has 29 heavy (non-hydrogen) atoms. The molecule has 0 aromatic carbocycles. The average molecular weight is 436 g/mol. The highest BCUT2D eigenvalue weighted by molar-refractivity contribution is 5.01. The van der Waals surface area contributed by atoms with Crippen LogP contribution in [0.4, 0.5) is 8.78 Å². The third-order valence-electron chi connectivity index (χ3n) is 3.31. The van der Waals surface area contributed by atoms with Gasteiger partial charge in [-0.25, -0.2) is 0 Å². The van der Waals surface area contributed by atoms with E-state index in [-0.39, 0.29) is 0 Å². The van der Waals surface area contributed by atoms with Crippen LogP contribution in [0.1, 0.15) is 12.8 Å². The SMILES string of the molecule is O=[N+]([O-])C(F)(F)[C](CC([N+](=O)[O-])([N+](=O)[O-])[N+](=O)[O-])CC([N+](=O)[O-])([N+](=O)[O-])[N+](=O)[O-]. The molecule has 23 heteroatoms. The van der Waals surface area contributed by atoms with E-state index in [1.54, 1.807) is 0 Å². The van der Waals surface area contributed by atoms with Gasteiger partial charge in [-0.05, 0) is 0 Å². The van der Waals surface area contributed by atoms with E-state index in [1.165, 1.54) is 0 Å². The molecule has 0 unspecified atom stereocenters. The van der Waals surface area contributed by atoms with E-state index in [1.807, 2.05) is 0 Å². The normalized spacial score (nSPS) is 12.2. The highest BCUT2D eigenvalue weighted by Crippen LogP contribution is 2.41. The summed E-state index contributed by atoms with van der Waals surface area (Å²) in [7, 11) is 0. The van der Waals surface area contributed by atoms with Gasteiger partial charge in [-0.2, -0.15) is 0 Å². The summed E-state index contributed by atoms with van der Waals surface area (Å²) in [6.07, 6.45) is -5.85. The van der Waals surface area contributed by atoms with Gasteiger partial charge in [0.25, 0.3) is 0 Å². The monoisotopic (exact) mass is 436 g/mol. The molecule has 0 saturated carbocycles. The third-order valence-corrected chi connectivity index (χ3v) is 3.31. The quantitative estimate of drug-likeness (QED) is 0.156. The lowest BCUT2D eigenvalue weighted by molar-refractivity contribution is -0.975. The third kappa shape index (κ3) is 3.86. The van der Waals surface area contributed by atoms with Crippen LogP contribution in [0, 0.1) is 76.7 Å². The summed E-state index contributed by atoms with van der Waals surface area (Å²) in [6.45, 7) is 0. The second-order valence-corrected chi connectivity index (χ2v) is 4.85. The Balaban J connectivity index is 6.89. The van der Waals surface area contributed by atoms with Crippen molar-refractivity contribution in [3.8, 4) is 0 Å². The minimum absolute atomic E-state index is 2.42. The molecule has 161 valence electrons. The zero-order valence-electron chi connectivity index (χ0n) is 13.0. The van der Waals surface area contributed by atoms with Gasteiger partial charge in [0.05, 0.1) is 4.92 Å². The number of hydrogen-bond donors (Lipinski definition) is 0. The van der Waals surface area contributed by atoms with E-state index < -0.39 is 70.8 Å². The molecule has 21 nitrogen and oxygen atoms in total. The predicted molar refractivity (Wildman–Crippen MR) is 71.8 cm³/mol. The van der Waals surface area contributed by atoms with E-state index in [0.29, 0.717) is 0 Å². The zero-order chi connectivity index (χ0) is 23.5. The highest BCUT2D eigenvalue weighted by Gasteiger charge is 2.81. The van der Waals surface area contributed by atoms with Gasteiger partial charge in [0.1, 0.15) is 0 Å². The molecule has 0 spiro atoms. The fourth-order valence-electron chi connectivity index (χ4n) is 1.76. The molecular formula is C6H4F2N7O14. The van der Waals surface area contributed by atoms with Crippen molar-refractivity contribution in [2.45, 2.75) is 30.5 Å². The van der Waals surface area contributed by atoms with E-state index in [0.717, 1.165) is 0 Å². The minimum atomic E-state index is -5.85. The molecule has 0 heterocycles. The average Bonchev–Trinajstić information content (AvgIpc) is 2.52. The van der Waals surface area contributed by atoms with Gasteiger partial charge in [0.2, 0.25) is 0 Å². The lowest BCUT2D eigenvalue weighted by Gasteiger charge is -2.19. The van der Waals surface area contributed by atoms with Gasteiger partial charge >= 0.3 is 17.6 Å². The summed E-state index contributed by atoms with van der Waals surface area (Å²) in [6, 6.07) is -5.85. The maximum Gasteiger partial charge on any atom is 0.700 e. The number of alkyl halides is 2. The van der Waals surface area contributed by atoms with Gasteiger partial charge in [0, 0.05) is 0 Å². The standard InChI is InChI=1S/C6H4F2N7O14/c7-6(8,15(28)29)3(1-4(9(16)17,10(18)19)11(20)21)2-5(12(22)23,13(24)25)14(26)27/h1-2H2. The maximum atomic E-state index is 13.8. The fourth-order valence-corrected chi connectivity index (χ4v) is 1.76. The predicted octanol–water partition coefficient (Wildman–Crippen LogP) is -0.822. The molecule has 0 aliphatic heterocycles. The lowest BCUT2D eigenvalue weighted by Crippen LogP contribution is -2.60. The summed E-state index contributed by atoms with van der Waals surface area (Å²) >= 11 is 0. The van der Waals surface area contributed by atoms with Crippen LogP contribution in [0.25, 0.3) is 0 Å². The van der Waals surface area contributed by atoms with Gasteiger partial charge in [0.15, 0.2) is 48.3 Å². The fraction of sp³-hybridized carbons (Fsp3) is 0.833. The van der Waals surface area contributed by atoms with Crippen molar-refractivity contribution in [2.75, 3.05) is 0 Å². The van der Waals surface area contributed by atoms with E-state index >= 15 is 0 Å². The van der Waals surface area contributed by atoms with Gasteiger partial charge in [-0.15, -0.1) is 8.78 Å².